The minimum atomic E-state index is -0.391. The van der Waals surface area contributed by atoms with Gasteiger partial charge in [0.25, 0.3) is 5.69 Å². The maximum absolute atomic E-state index is 11.0. The number of ether oxygens (including phenoxy) is 1. The summed E-state index contributed by atoms with van der Waals surface area (Å²) in [6.45, 7) is 1.98. The van der Waals surface area contributed by atoms with Crippen molar-refractivity contribution in [1.29, 1.82) is 0 Å². The van der Waals surface area contributed by atoms with Crippen LogP contribution in [0.15, 0.2) is 48.5 Å². The van der Waals surface area contributed by atoms with Gasteiger partial charge in [0.05, 0.1) is 4.92 Å². The summed E-state index contributed by atoms with van der Waals surface area (Å²) in [5.41, 5.74) is 3.88. The van der Waals surface area contributed by atoms with Crippen LogP contribution in [0.25, 0.3) is 10.9 Å². The van der Waals surface area contributed by atoms with Crippen molar-refractivity contribution in [3.8, 4) is 0 Å². The summed E-state index contributed by atoms with van der Waals surface area (Å²) in [7, 11) is 1.62. The van der Waals surface area contributed by atoms with Crippen molar-refractivity contribution in [1.82, 2.24) is 4.98 Å². The number of aromatic amines is 1. The molecule has 1 unspecified atom stereocenters. The second-order valence-electron chi connectivity index (χ2n) is 5.18. The number of para-hydroxylation sites is 1. The summed E-state index contributed by atoms with van der Waals surface area (Å²) >= 11 is 0. The first-order valence-electron chi connectivity index (χ1n) is 6.96. The average molecular weight is 296 g/mol. The van der Waals surface area contributed by atoms with E-state index in [0.29, 0.717) is 0 Å². The van der Waals surface area contributed by atoms with Crippen molar-refractivity contribution in [2.75, 3.05) is 7.11 Å². The van der Waals surface area contributed by atoms with E-state index >= 15 is 0 Å². The van der Waals surface area contributed by atoms with Crippen LogP contribution in [0.5, 0.6) is 0 Å². The Hall–Kier alpha value is -2.66. The Labute approximate surface area is 127 Å². The van der Waals surface area contributed by atoms with Gasteiger partial charge < -0.3 is 9.72 Å². The second-order valence-corrected chi connectivity index (χ2v) is 5.18. The second kappa shape index (κ2) is 5.61. The van der Waals surface area contributed by atoms with Gasteiger partial charge in [-0.25, -0.2) is 0 Å². The van der Waals surface area contributed by atoms with E-state index in [9.17, 15) is 10.1 Å². The first-order chi connectivity index (χ1) is 10.6. The third-order valence-electron chi connectivity index (χ3n) is 3.83. The molecule has 0 bridgehead atoms. The molecule has 1 atom stereocenters. The quantitative estimate of drug-likeness (QED) is 0.581. The zero-order chi connectivity index (χ0) is 15.7. The van der Waals surface area contributed by atoms with Gasteiger partial charge in [-0.05, 0) is 18.6 Å². The minimum Gasteiger partial charge on any atom is -0.372 e. The van der Waals surface area contributed by atoms with Crippen LogP contribution in [0.3, 0.4) is 0 Å². The molecule has 22 heavy (non-hydrogen) atoms. The summed E-state index contributed by atoms with van der Waals surface area (Å²) in [5.74, 6) is 0. The largest absolute Gasteiger partial charge is 0.372 e. The van der Waals surface area contributed by atoms with E-state index in [1.165, 1.54) is 6.07 Å². The van der Waals surface area contributed by atoms with Gasteiger partial charge in [-0.2, -0.15) is 0 Å². The van der Waals surface area contributed by atoms with Gasteiger partial charge in [0.2, 0.25) is 0 Å². The van der Waals surface area contributed by atoms with E-state index in [1.54, 1.807) is 19.2 Å². The molecule has 1 N–H and O–H groups in total. The predicted molar refractivity (Wildman–Crippen MR) is 85.0 cm³/mol. The van der Waals surface area contributed by atoms with Crippen LogP contribution < -0.4 is 0 Å². The topological polar surface area (TPSA) is 68.2 Å². The van der Waals surface area contributed by atoms with Crippen molar-refractivity contribution in [3.05, 3.63) is 75.5 Å². The number of nitro groups is 1. The Bertz CT molecular complexity index is 839. The molecule has 1 aromatic heterocycles. The van der Waals surface area contributed by atoms with Crippen LogP contribution in [-0.2, 0) is 4.74 Å². The lowest BCUT2D eigenvalue weighted by molar-refractivity contribution is -0.385. The monoisotopic (exact) mass is 296 g/mol. The van der Waals surface area contributed by atoms with Gasteiger partial charge in [-0.15, -0.1) is 0 Å². The minimum absolute atomic E-state index is 0.0667. The molecule has 0 amide bonds. The number of methoxy groups -OCH3 is 1. The molecule has 3 rings (SSSR count). The van der Waals surface area contributed by atoms with Crippen molar-refractivity contribution >= 4 is 16.6 Å². The normalized spacial score (nSPS) is 12.5. The molecule has 0 spiro atoms. The number of hydrogen-bond donors (Lipinski definition) is 1. The molecule has 0 saturated heterocycles. The molecule has 1 heterocycles. The van der Waals surface area contributed by atoms with E-state index < -0.39 is 4.92 Å². The molecule has 0 fully saturated rings. The van der Waals surface area contributed by atoms with Gasteiger partial charge in [0, 0.05) is 41.4 Å². The van der Waals surface area contributed by atoms with Crippen molar-refractivity contribution in [2.24, 2.45) is 0 Å². The van der Waals surface area contributed by atoms with Gasteiger partial charge in [0.1, 0.15) is 6.10 Å². The molecular formula is C17H16N2O3. The number of benzene rings is 2. The summed E-state index contributed by atoms with van der Waals surface area (Å²) in [6.07, 6.45) is -0.351. The Kier molecular flexibility index (Phi) is 3.65. The molecule has 0 aliphatic carbocycles. The highest BCUT2D eigenvalue weighted by atomic mass is 16.6. The molecule has 0 aliphatic heterocycles. The molecule has 0 radical (unpaired) electrons. The fourth-order valence-electron chi connectivity index (χ4n) is 2.86. The van der Waals surface area contributed by atoms with Crippen LogP contribution >= 0.6 is 0 Å². The average Bonchev–Trinajstić information content (AvgIpc) is 2.85. The lowest BCUT2D eigenvalue weighted by Gasteiger charge is -2.16. The maximum atomic E-state index is 11.0. The van der Waals surface area contributed by atoms with Crippen molar-refractivity contribution in [3.63, 3.8) is 0 Å². The summed E-state index contributed by atoms with van der Waals surface area (Å²) in [4.78, 5) is 13.9. The van der Waals surface area contributed by atoms with Crippen molar-refractivity contribution in [2.45, 2.75) is 13.0 Å². The van der Waals surface area contributed by atoms with Crippen LogP contribution in [0.4, 0.5) is 5.69 Å². The number of aryl methyl sites for hydroxylation is 1. The fourth-order valence-corrected chi connectivity index (χ4v) is 2.86. The highest BCUT2D eigenvalue weighted by Crippen LogP contribution is 2.35. The molecule has 5 nitrogen and oxygen atoms in total. The summed E-state index contributed by atoms with van der Waals surface area (Å²) in [6, 6.07) is 14.6. The van der Waals surface area contributed by atoms with Crippen LogP contribution in [0.2, 0.25) is 0 Å². The zero-order valence-corrected chi connectivity index (χ0v) is 12.4. The number of hydrogen-bond acceptors (Lipinski definition) is 3. The molecule has 0 aliphatic rings. The van der Waals surface area contributed by atoms with E-state index in [-0.39, 0.29) is 11.8 Å². The molecule has 2 aromatic carbocycles. The molecule has 3 aromatic rings. The number of nitrogens with zero attached hydrogens (tertiary/aromatic N) is 1. The Balaban J connectivity index is 2.16. The van der Waals surface area contributed by atoms with Crippen molar-refractivity contribution < 1.29 is 9.66 Å². The van der Waals surface area contributed by atoms with E-state index in [4.69, 9.17) is 4.74 Å². The first kappa shape index (κ1) is 14.3. The number of non-ortho nitro benzene ring substituents is 1. The van der Waals surface area contributed by atoms with Gasteiger partial charge in [-0.3, -0.25) is 10.1 Å². The SMILES string of the molecule is COC(c1cccc([N+](=O)[O-])c1)c1c(C)[nH]c2ccccc12. The molecule has 112 valence electrons. The van der Waals surface area contributed by atoms with Gasteiger partial charge in [-0.1, -0.05) is 30.3 Å². The standard InChI is InChI=1S/C17H16N2O3/c1-11-16(14-8-3-4-9-15(14)18-11)17(22-2)12-6-5-7-13(10-12)19(20)21/h3-10,17-18H,1-2H3. The summed E-state index contributed by atoms with van der Waals surface area (Å²) in [5, 5.41) is 12.1. The highest BCUT2D eigenvalue weighted by Gasteiger charge is 2.22. The number of nitrogens with one attached hydrogen (secondary N) is 1. The maximum Gasteiger partial charge on any atom is 0.269 e. The Morgan fingerprint density at radius 1 is 1.18 bits per heavy atom. The summed E-state index contributed by atoms with van der Waals surface area (Å²) < 4.78 is 5.66. The number of aromatic nitrogens is 1. The van der Waals surface area contributed by atoms with E-state index in [2.05, 4.69) is 4.98 Å². The predicted octanol–water partition coefficient (Wildman–Crippen LogP) is 4.12. The van der Waals surface area contributed by atoms with E-state index in [1.807, 2.05) is 37.3 Å². The fraction of sp³-hybridized carbons (Fsp3) is 0.176. The first-order valence-corrected chi connectivity index (χ1v) is 6.96. The molecule has 5 heteroatoms. The van der Waals surface area contributed by atoms with E-state index in [0.717, 1.165) is 27.7 Å². The lowest BCUT2D eigenvalue weighted by Crippen LogP contribution is -2.05. The number of fused-ring (bicyclic) bond motifs is 1. The van der Waals surface area contributed by atoms with Gasteiger partial charge >= 0.3 is 0 Å². The Morgan fingerprint density at radius 2 is 1.95 bits per heavy atom. The number of rotatable bonds is 4. The third-order valence-corrected chi connectivity index (χ3v) is 3.83. The molecule has 0 saturated carbocycles. The Morgan fingerprint density at radius 3 is 2.68 bits per heavy atom. The number of H-pyrrole nitrogens is 1. The van der Waals surface area contributed by atoms with Crippen LogP contribution in [-0.4, -0.2) is 17.0 Å². The molecular weight excluding hydrogens is 280 g/mol. The van der Waals surface area contributed by atoms with Crippen LogP contribution in [0.1, 0.15) is 22.9 Å². The number of nitro benzene ring substituents is 1. The van der Waals surface area contributed by atoms with Gasteiger partial charge in [0.15, 0.2) is 0 Å². The smallest absolute Gasteiger partial charge is 0.269 e. The zero-order valence-electron chi connectivity index (χ0n) is 12.4. The third kappa shape index (κ3) is 2.35. The van der Waals surface area contributed by atoms with Crippen LogP contribution in [0, 0.1) is 17.0 Å². The highest BCUT2D eigenvalue weighted by molar-refractivity contribution is 5.85. The lowest BCUT2D eigenvalue weighted by atomic mass is 9.98.